The monoisotopic (exact) mass is 380 g/mol. The van der Waals surface area contributed by atoms with E-state index in [9.17, 15) is 19.5 Å². The Hall–Kier alpha value is -2.53. The van der Waals surface area contributed by atoms with Crippen LogP contribution in [0.2, 0.25) is 0 Å². The first kappa shape index (κ1) is 21.5. The Morgan fingerprint density at radius 1 is 1.35 bits per heavy atom. The molecule has 0 bridgehead atoms. The van der Waals surface area contributed by atoms with Crippen LogP contribution in [0.15, 0.2) is 17.5 Å². The van der Waals surface area contributed by atoms with Gasteiger partial charge in [0.2, 0.25) is 5.91 Å². The van der Waals surface area contributed by atoms with Gasteiger partial charge in [-0.1, -0.05) is 17.9 Å². The van der Waals surface area contributed by atoms with E-state index >= 15 is 0 Å². The molecule has 0 aromatic carbocycles. The fourth-order valence-corrected chi connectivity index (χ4v) is 2.49. The lowest BCUT2D eigenvalue weighted by molar-refractivity contribution is -0.149. The van der Waals surface area contributed by atoms with Gasteiger partial charge in [-0.05, 0) is 46.1 Å². The molecular formula is C18H24N2O5S. The SMILES string of the molecule is CC(C(=O)O)N(CC#Cc1cccs1)C(=O)[C@@H](C)NC(=O)OC(C)(C)C. The first-order valence-corrected chi connectivity index (χ1v) is 8.94. The van der Waals surface area contributed by atoms with Gasteiger partial charge in [-0.25, -0.2) is 9.59 Å². The van der Waals surface area contributed by atoms with E-state index in [1.807, 2.05) is 17.5 Å². The van der Waals surface area contributed by atoms with Crippen LogP contribution in [0, 0.1) is 11.8 Å². The van der Waals surface area contributed by atoms with Crippen molar-refractivity contribution in [2.24, 2.45) is 0 Å². The number of amides is 2. The lowest BCUT2D eigenvalue weighted by Crippen LogP contribution is -2.52. The van der Waals surface area contributed by atoms with Crippen LogP contribution in [0.5, 0.6) is 0 Å². The van der Waals surface area contributed by atoms with E-state index in [0.29, 0.717) is 0 Å². The molecule has 2 N–H and O–H groups in total. The summed E-state index contributed by atoms with van der Waals surface area (Å²) in [5.41, 5.74) is -0.701. The molecule has 142 valence electrons. The zero-order valence-corrected chi connectivity index (χ0v) is 16.3. The number of nitrogens with zero attached hydrogens (tertiary/aromatic N) is 1. The average molecular weight is 380 g/mol. The first-order valence-electron chi connectivity index (χ1n) is 8.06. The lowest BCUT2D eigenvalue weighted by Gasteiger charge is -2.28. The summed E-state index contributed by atoms with van der Waals surface area (Å²) in [4.78, 5) is 37.7. The van der Waals surface area contributed by atoms with Crippen LogP contribution in [0.1, 0.15) is 39.5 Å². The van der Waals surface area contributed by atoms with Crippen molar-refractivity contribution in [3.63, 3.8) is 0 Å². The summed E-state index contributed by atoms with van der Waals surface area (Å²) in [6.45, 7) is 7.92. The van der Waals surface area contributed by atoms with Crippen molar-refractivity contribution in [3.8, 4) is 11.8 Å². The molecule has 2 amide bonds. The van der Waals surface area contributed by atoms with Crippen LogP contribution in [0.4, 0.5) is 4.79 Å². The van der Waals surface area contributed by atoms with Gasteiger partial charge in [0.1, 0.15) is 17.7 Å². The summed E-state index contributed by atoms with van der Waals surface area (Å²) >= 11 is 1.45. The van der Waals surface area contributed by atoms with Gasteiger partial charge in [0.25, 0.3) is 0 Å². The van der Waals surface area contributed by atoms with Crippen molar-refractivity contribution in [2.45, 2.75) is 52.3 Å². The highest BCUT2D eigenvalue weighted by Gasteiger charge is 2.30. The maximum absolute atomic E-state index is 12.6. The van der Waals surface area contributed by atoms with Crippen LogP contribution >= 0.6 is 11.3 Å². The number of carbonyl (C=O) groups excluding carboxylic acids is 2. The van der Waals surface area contributed by atoms with Crippen LogP contribution in [-0.2, 0) is 14.3 Å². The maximum atomic E-state index is 12.6. The standard InChI is InChI=1S/C18H24N2O5S/c1-12(19-17(24)25-18(3,4)5)15(21)20(13(2)16(22)23)10-6-8-14-9-7-11-26-14/h7,9,11-13H,10H2,1-5H3,(H,19,24)(H,22,23)/t12-,13?/m1/s1. The van der Waals surface area contributed by atoms with Crippen molar-refractivity contribution in [1.82, 2.24) is 10.2 Å². The number of carbonyl (C=O) groups is 3. The van der Waals surface area contributed by atoms with Crippen LogP contribution in [-0.4, -0.2) is 52.2 Å². The molecule has 7 nitrogen and oxygen atoms in total. The molecule has 8 heteroatoms. The molecular weight excluding hydrogens is 356 g/mol. The minimum absolute atomic E-state index is 0.0649. The zero-order chi connectivity index (χ0) is 19.9. The quantitative estimate of drug-likeness (QED) is 0.764. The third kappa shape index (κ3) is 7.15. The highest BCUT2D eigenvalue weighted by molar-refractivity contribution is 7.10. The van der Waals surface area contributed by atoms with Crippen molar-refractivity contribution in [2.75, 3.05) is 6.54 Å². The number of carboxylic acid groups (broad SMARTS) is 1. The number of carboxylic acids is 1. The molecule has 0 aliphatic heterocycles. The van der Waals surface area contributed by atoms with E-state index in [0.717, 1.165) is 9.78 Å². The van der Waals surface area contributed by atoms with Gasteiger partial charge in [-0.2, -0.15) is 0 Å². The van der Waals surface area contributed by atoms with Crippen molar-refractivity contribution >= 4 is 29.3 Å². The Balaban J connectivity index is 2.83. The maximum Gasteiger partial charge on any atom is 0.408 e. The Bertz CT molecular complexity index is 697. The van der Waals surface area contributed by atoms with E-state index in [1.165, 1.54) is 25.2 Å². The van der Waals surface area contributed by atoms with Crippen LogP contribution in [0.3, 0.4) is 0 Å². The third-order valence-corrected chi connectivity index (χ3v) is 3.98. The zero-order valence-electron chi connectivity index (χ0n) is 15.5. The second-order valence-electron chi connectivity index (χ2n) is 6.63. The molecule has 1 heterocycles. The number of rotatable bonds is 5. The summed E-state index contributed by atoms with van der Waals surface area (Å²) in [6, 6.07) is 1.65. The van der Waals surface area contributed by atoms with Gasteiger partial charge in [0.15, 0.2) is 0 Å². The van der Waals surface area contributed by atoms with Gasteiger partial charge in [-0.3, -0.25) is 4.79 Å². The predicted octanol–water partition coefficient (Wildman–Crippen LogP) is 2.31. The number of hydrogen-bond donors (Lipinski definition) is 2. The van der Waals surface area contributed by atoms with Crippen molar-refractivity contribution in [3.05, 3.63) is 22.4 Å². The molecule has 0 saturated carbocycles. The van der Waals surface area contributed by atoms with Gasteiger partial charge >= 0.3 is 12.1 Å². The molecule has 0 saturated heterocycles. The number of nitrogens with one attached hydrogen (secondary N) is 1. The highest BCUT2D eigenvalue weighted by Crippen LogP contribution is 2.09. The molecule has 1 aromatic heterocycles. The summed E-state index contributed by atoms with van der Waals surface area (Å²) in [6.07, 6.45) is -0.744. The number of ether oxygens (including phenoxy) is 1. The third-order valence-electron chi connectivity index (χ3n) is 3.19. The molecule has 0 fully saturated rings. The van der Waals surface area contributed by atoms with Crippen molar-refractivity contribution < 1.29 is 24.2 Å². The second kappa shape index (κ2) is 9.25. The molecule has 2 atom stereocenters. The number of hydrogen-bond acceptors (Lipinski definition) is 5. The topological polar surface area (TPSA) is 95.9 Å². The molecule has 0 spiro atoms. The molecule has 1 unspecified atom stereocenters. The van der Waals surface area contributed by atoms with Crippen LogP contribution < -0.4 is 5.32 Å². The van der Waals surface area contributed by atoms with E-state index in [1.54, 1.807) is 20.8 Å². The summed E-state index contributed by atoms with van der Waals surface area (Å²) in [5, 5.41) is 13.5. The van der Waals surface area contributed by atoms with Gasteiger partial charge in [0, 0.05) is 0 Å². The Kier molecular flexibility index (Phi) is 7.65. The number of thiophene rings is 1. The largest absolute Gasteiger partial charge is 0.480 e. The molecule has 0 aliphatic carbocycles. The fraction of sp³-hybridized carbons (Fsp3) is 0.500. The number of aliphatic carboxylic acids is 1. The summed E-state index contributed by atoms with van der Waals surface area (Å²) in [5.74, 6) is 3.99. The molecule has 0 aliphatic rings. The molecule has 1 aromatic rings. The Labute approximate surface area is 157 Å². The summed E-state index contributed by atoms with van der Waals surface area (Å²) < 4.78 is 5.11. The fourth-order valence-electron chi connectivity index (χ4n) is 1.90. The van der Waals surface area contributed by atoms with E-state index < -0.39 is 35.7 Å². The number of alkyl carbamates (subject to hydrolysis) is 1. The van der Waals surface area contributed by atoms with E-state index in [2.05, 4.69) is 17.2 Å². The summed E-state index contributed by atoms with van der Waals surface area (Å²) in [7, 11) is 0. The van der Waals surface area contributed by atoms with Crippen molar-refractivity contribution in [1.29, 1.82) is 0 Å². The van der Waals surface area contributed by atoms with E-state index in [-0.39, 0.29) is 6.54 Å². The molecule has 1 rings (SSSR count). The lowest BCUT2D eigenvalue weighted by atomic mass is 10.2. The minimum atomic E-state index is -1.15. The van der Waals surface area contributed by atoms with Gasteiger partial charge in [0.05, 0.1) is 11.4 Å². The Morgan fingerprint density at radius 3 is 2.50 bits per heavy atom. The average Bonchev–Trinajstić information content (AvgIpc) is 3.01. The highest BCUT2D eigenvalue weighted by atomic mass is 32.1. The second-order valence-corrected chi connectivity index (χ2v) is 7.58. The van der Waals surface area contributed by atoms with Gasteiger partial charge < -0.3 is 20.1 Å². The molecule has 26 heavy (non-hydrogen) atoms. The molecule has 0 radical (unpaired) electrons. The minimum Gasteiger partial charge on any atom is -0.480 e. The van der Waals surface area contributed by atoms with E-state index in [4.69, 9.17) is 4.74 Å². The van der Waals surface area contributed by atoms with Gasteiger partial charge in [-0.15, -0.1) is 11.3 Å². The smallest absolute Gasteiger partial charge is 0.408 e. The van der Waals surface area contributed by atoms with Crippen LogP contribution in [0.25, 0.3) is 0 Å². The first-order chi connectivity index (χ1) is 12.0. The predicted molar refractivity (Wildman–Crippen MR) is 98.8 cm³/mol. The normalized spacial score (nSPS) is 13.0. The Morgan fingerprint density at radius 2 is 2.00 bits per heavy atom.